The molecule has 1 fully saturated rings. The van der Waals surface area contributed by atoms with Gasteiger partial charge in [-0.1, -0.05) is 12.1 Å². The van der Waals surface area contributed by atoms with Gasteiger partial charge in [-0.2, -0.15) is 0 Å². The molecule has 0 aromatic heterocycles. The van der Waals surface area contributed by atoms with E-state index < -0.39 is 0 Å². The largest absolute Gasteiger partial charge is 0.339 e. The molecule has 1 heterocycles. The zero-order valence-corrected chi connectivity index (χ0v) is 18.5. The molecule has 1 saturated heterocycles. The number of rotatable bonds is 6. The number of thioether (sulfide) groups is 1. The van der Waals surface area contributed by atoms with Crippen molar-refractivity contribution in [2.75, 3.05) is 38.3 Å². The Hall–Kier alpha value is -2.87. The lowest BCUT2D eigenvalue weighted by Crippen LogP contribution is -2.45. The summed E-state index contributed by atoms with van der Waals surface area (Å²) in [5.74, 6) is -1.12. The predicted molar refractivity (Wildman–Crippen MR) is 120 cm³/mol. The summed E-state index contributed by atoms with van der Waals surface area (Å²) in [5.41, 5.74) is 1.17. The van der Waals surface area contributed by atoms with E-state index in [1.165, 1.54) is 29.2 Å². The van der Waals surface area contributed by atoms with E-state index in [2.05, 4.69) is 5.32 Å². The zero-order valence-electron chi connectivity index (χ0n) is 17.6. The van der Waals surface area contributed by atoms with Crippen LogP contribution in [0.2, 0.25) is 0 Å². The van der Waals surface area contributed by atoms with Crippen LogP contribution in [0.4, 0.5) is 10.1 Å². The molecule has 31 heavy (non-hydrogen) atoms. The van der Waals surface area contributed by atoms with Crippen molar-refractivity contribution in [2.24, 2.45) is 5.92 Å². The van der Waals surface area contributed by atoms with Gasteiger partial charge in [0.2, 0.25) is 11.8 Å². The SMILES string of the molecule is CSc1ccccc1NC(=O)CN(C)C(=O)C1CCN(C(=O)c2ccc(F)cc2)CC1. The molecule has 8 heteroatoms. The van der Waals surface area contributed by atoms with Gasteiger partial charge in [0.15, 0.2) is 0 Å². The van der Waals surface area contributed by atoms with Gasteiger partial charge in [-0.15, -0.1) is 11.8 Å². The van der Waals surface area contributed by atoms with Crippen LogP contribution in [0, 0.1) is 11.7 Å². The van der Waals surface area contributed by atoms with E-state index in [9.17, 15) is 18.8 Å². The molecular weight excluding hydrogens is 417 g/mol. The van der Waals surface area contributed by atoms with E-state index in [0.29, 0.717) is 31.5 Å². The Balaban J connectivity index is 1.50. The number of anilines is 1. The first-order valence-corrected chi connectivity index (χ1v) is 11.3. The van der Waals surface area contributed by atoms with Crippen LogP contribution in [0.5, 0.6) is 0 Å². The Morgan fingerprint density at radius 3 is 2.39 bits per heavy atom. The molecule has 0 aliphatic carbocycles. The number of halogens is 1. The van der Waals surface area contributed by atoms with Gasteiger partial charge in [0.1, 0.15) is 5.82 Å². The highest BCUT2D eigenvalue weighted by molar-refractivity contribution is 7.98. The number of nitrogens with zero attached hydrogens (tertiary/aromatic N) is 2. The summed E-state index contributed by atoms with van der Waals surface area (Å²) in [4.78, 5) is 41.8. The lowest BCUT2D eigenvalue weighted by Gasteiger charge is -2.33. The molecule has 1 aliphatic rings. The van der Waals surface area contributed by atoms with Crippen molar-refractivity contribution in [1.29, 1.82) is 0 Å². The molecule has 3 amide bonds. The lowest BCUT2D eigenvalue weighted by atomic mass is 9.95. The van der Waals surface area contributed by atoms with Crippen LogP contribution in [0.1, 0.15) is 23.2 Å². The number of nitrogens with one attached hydrogen (secondary N) is 1. The topological polar surface area (TPSA) is 69.7 Å². The van der Waals surface area contributed by atoms with E-state index in [4.69, 9.17) is 0 Å². The molecular formula is C23H26FN3O3S. The Kier molecular flexibility index (Phi) is 7.68. The van der Waals surface area contributed by atoms with Gasteiger partial charge < -0.3 is 15.1 Å². The van der Waals surface area contributed by atoms with Gasteiger partial charge in [0, 0.05) is 36.5 Å². The number of hydrogen-bond acceptors (Lipinski definition) is 4. The zero-order chi connectivity index (χ0) is 22.4. The van der Waals surface area contributed by atoms with Crippen LogP contribution >= 0.6 is 11.8 Å². The fraction of sp³-hybridized carbons (Fsp3) is 0.348. The second kappa shape index (κ2) is 10.4. The monoisotopic (exact) mass is 443 g/mol. The minimum Gasteiger partial charge on any atom is -0.339 e. The summed E-state index contributed by atoms with van der Waals surface area (Å²) in [5, 5.41) is 2.86. The molecule has 0 spiro atoms. The van der Waals surface area contributed by atoms with E-state index in [1.807, 2.05) is 30.5 Å². The molecule has 3 rings (SSSR count). The van der Waals surface area contributed by atoms with Crippen LogP contribution in [0.15, 0.2) is 53.4 Å². The second-order valence-corrected chi connectivity index (χ2v) is 8.36. The Labute approximate surface area is 185 Å². The number of benzene rings is 2. The average Bonchev–Trinajstić information content (AvgIpc) is 2.79. The highest BCUT2D eigenvalue weighted by atomic mass is 32.2. The van der Waals surface area contributed by atoms with Crippen molar-refractivity contribution in [3.05, 3.63) is 59.9 Å². The van der Waals surface area contributed by atoms with Gasteiger partial charge in [-0.25, -0.2) is 4.39 Å². The molecule has 1 N–H and O–H groups in total. The number of piperidine rings is 1. The van der Waals surface area contributed by atoms with Crippen molar-refractivity contribution in [3.63, 3.8) is 0 Å². The average molecular weight is 444 g/mol. The highest BCUT2D eigenvalue weighted by Crippen LogP contribution is 2.25. The van der Waals surface area contributed by atoms with Crippen molar-refractivity contribution < 1.29 is 18.8 Å². The molecule has 0 bridgehead atoms. The summed E-state index contributed by atoms with van der Waals surface area (Å²) in [6, 6.07) is 13.0. The summed E-state index contributed by atoms with van der Waals surface area (Å²) in [6.45, 7) is 0.873. The maximum atomic E-state index is 13.1. The molecule has 164 valence electrons. The molecule has 6 nitrogen and oxygen atoms in total. The maximum Gasteiger partial charge on any atom is 0.253 e. The van der Waals surface area contributed by atoms with Gasteiger partial charge in [0.25, 0.3) is 5.91 Å². The highest BCUT2D eigenvalue weighted by Gasteiger charge is 2.30. The third kappa shape index (κ3) is 5.85. The number of amides is 3. The first-order valence-electron chi connectivity index (χ1n) is 10.1. The van der Waals surface area contributed by atoms with E-state index in [1.54, 1.807) is 23.7 Å². The summed E-state index contributed by atoms with van der Waals surface area (Å²) in [7, 11) is 1.62. The van der Waals surface area contributed by atoms with Gasteiger partial charge in [-0.3, -0.25) is 14.4 Å². The third-order valence-electron chi connectivity index (χ3n) is 5.36. The minimum atomic E-state index is -0.384. The Morgan fingerprint density at radius 1 is 1.10 bits per heavy atom. The third-order valence-corrected chi connectivity index (χ3v) is 6.16. The van der Waals surface area contributed by atoms with E-state index >= 15 is 0 Å². The summed E-state index contributed by atoms with van der Waals surface area (Å²) < 4.78 is 13.1. The smallest absolute Gasteiger partial charge is 0.253 e. The lowest BCUT2D eigenvalue weighted by molar-refractivity contribution is -0.138. The molecule has 2 aromatic carbocycles. The number of likely N-dealkylation sites (tertiary alicyclic amines) is 1. The minimum absolute atomic E-state index is 0.0315. The summed E-state index contributed by atoms with van der Waals surface area (Å²) >= 11 is 1.54. The standard InChI is InChI=1S/C23H26FN3O3S/c1-26(15-21(28)25-19-5-3-4-6-20(19)31-2)22(29)17-11-13-27(14-12-17)23(30)16-7-9-18(24)10-8-16/h3-10,17H,11-15H2,1-2H3,(H,25,28). The first-order chi connectivity index (χ1) is 14.9. The Morgan fingerprint density at radius 2 is 1.74 bits per heavy atom. The predicted octanol–water partition coefficient (Wildman–Crippen LogP) is 3.50. The van der Waals surface area contributed by atoms with Crippen LogP contribution in [-0.4, -0.2) is 60.5 Å². The number of hydrogen-bond donors (Lipinski definition) is 1. The van der Waals surface area contributed by atoms with Crippen molar-refractivity contribution in [3.8, 4) is 0 Å². The molecule has 2 aromatic rings. The van der Waals surface area contributed by atoms with Crippen LogP contribution in [0.25, 0.3) is 0 Å². The van der Waals surface area contributed by atoms with Crippen molar-refractivity contribution >= 4 is 35.2 Å². The number of carbonyl (C=O) groups excluding carboxylic acids is 3. The number of carbonyl (C=O) groups is 3. The van der Waals surface area contributed by atoms with Gasteiger partial charge in [-0.05, 0) is 55.5 Å². The molecule has 0 saturated carbocycles. The second-order valence-electron chi connectivity index (χ2n) is 7.52. The van der Waals surface area contributed by atoms with Crippen LogP contribution < -0.4 is 5.32 Å². The summed E-state index contributed by atoms with van der Waals surface area (Å²) in [6.07, 6.45) is 3.01. The number of likely N-dealkylation sites (N-methyl/N-ethyl adjacent to an activating group) is 1. The fourth-order valence-electron chi connectivity index (χ4n) is 3.65. The van der Waals surface area contributed by atoms with Gasteiger partial charge >= 0.3 is 0 Å². The first kappa shape index (κ1) is 22.8. The normalized spacial score (nSPS) is 14.2. The van der Waals surface area contributed by atoms with Crippen molar-refractivity contribution in [1.82, 2.24) is 9.80 Å². The molecule has 0 radical (unpaired) electrons. The van der Waals surface area contributed by atoms with E-state index in [0.717, 1.165) is 10.6 Å². The maximum absolute atomic E-state index is 13.1. The quantitative estimate of drug-likeness (QED) is 0.694. The van der Waals surface area contributed by atoms with Crippen LogP contribution in [-0.2, 0) is 9.59 Å². The van der Waals surface area contributed by atoms with Crippen LogP contribution in [0.3, 0.4) is 0 Å². The van der Waals surface area contributed by atoms with Crippen molar-refractivity contribution in [2.45, 2.75) is 17.7 Å². The van der Waals surface area contributed by atoms with Gasteiger partial charge in [0.05, 0.1) is 12.2 Å². The number of para-hydroxylation sites is 1. The Bertz CT molecular complexity index is 943. The molecule has 0 atom stereocenters. The molecule has 0 unspecified atom stereocenters. The molecule has 1 aliphatic heterocycles. The fourth-order valence-corrected chi connectivity index (χ4v) is 4.20. The van der Waals surface area contributed by atoms with E-state index in [-0.39, 0.29) is 36.0 Å².